The molecule has 2 atom stereocenters. The first-order valence-electron chi connectivity index (χ1n) is 9.53. The monoisotopic (exact) mass is 442 g/mol. The lowest BCUT2D eigenvalue weighted by Gasteiger charge is -2.22. The molecule has 1 saturated heterocycles. The van der Waals surface area contributed by atoms with E-state index in [0.29, 0.717) is 6.42 Å². The minimum atomic E-state index is -0.753. The Hall–Kier alpha value is -2.72. The molecular weight excluding hydrogens is 416 g/mol. The van der Waals surface area contributed by atoms with Crippen molar-refractivity contribution >= 4 is 35.9 Å². The Labute approximate surface area is 180 Å². The summed E-state index contributed by atoms with van der Waals surface area (Å²) in [4.78, 5) is 46.8. The van der Waals surface area contributed by atoms with Crippen LogP contribution < -0.4 is 20.7 Å². The van der Waals surface area contributed by atoms with Crippen LogP contribution in [-0.4, -0.2) is 47.9 Å². The molecular formula is C19H27ClN4O6. The number of carbonyl (C=O) groups is 3. The predicted octanol–water partition coefficient (Wildman–Crippen LogP) is 1.32. The summed E-state index contributed by atoms with van der Waals surface area (Å²) in [5.74, 6) is -1.12. The average molecular weight is 443 g/mol. The minimum Gasteiger partial charge on any atom is -0.425 e. The van der Waals surface area contributed by atoms with Gasteiger partial charge in [-0.05, 0) is 43.9 Å². The van der Waals surface area contributed by atoms with Crippen molar-refractivity contribution in [1.29, 1.82) is 0 Å². The van der Waals surface area contributed by atoms with E-state index in [9.17, 15) is 24.5 Å². The number of nitro benzene ring substituents is 1. The van der Waals surface area contributed by atoms with Crippen molar-refractivity contribution in [2.75, 3.05) is 13.1 Å². The first-order valence-corrected chi connectivity index (χ1v) is 9.53. The number of halogens is 1. The number of esters is 1. The minimum absolute atomic E-state index is 0. The molecule has 1 aliphatic heterocycles. The molecule has 0 aromatic heterocycles. The summed E-state index contributed by atoms with van der Waals surface area (Å²) in [6.07, 6.45) is 2.07. The van der Waals surface area contributed by atoms with E-state index in [1.807, 2.05) is 13.8 Å². The topological polar surface area (TPSA) is 140 Å². The Kier molecular flexibility index (Phi) is 10.2. The zero-order valence-electron chi connectivity index (χ0n) is 16.9. The number of amides is 2. The summed E-state index contributed by atoms with van der Waals surface area (Å²) in [5.41, 5.74) is -0.123. The second-order valence-electron chi connectivity index (χ2n) is 7.28. The lowest BCUT2D eigenvalue weighted by Crippen LogP contribution is -2.52. The number of ether oxygens (including phenoxy) is 1. The smallest absolute Gasteiger partial charge is 0.330 e. The molecule has 2 amide bonds. The van der Waals surface area contributed by atoms with Gasteiger partial charge >= 0.3 is 5.97 Å². The highest BCUT2D eigenvalue weighted by Gasteiger charge is 2.28. The molecule has 11 heteroatoms. The highest BCUT2D eigenvalue weighted by atomic mass is 35.5. The predicted molar refractivity (Wildman–Crippen MR) is 111 cm³/mol. The van der Waals surface area contributed by atoms with Crippen molar-refractivity contribution in [3.63, 3.8) is 0 Å². The van der Waals surface area contributed by atoms with Crippen LogP contribution in [0.4, 0.5) is 5.69 Å². The van der Waals surface area contributed by atoms with Crippen LogP contribution in [-0.2, 0) is 14.4 Å². The molecule has 0 radical (unpaired) electrons. The third-order valence-electron chi connectivity index (χ3n) is 4.40. The molecule has 1 aliphatic rings. The van der Waals surface area contributed by atoms with Crippen molar-refractivity contribution in [1.82, 2.24) is 16.0 Å². The van der Waals surface area contributed by atoms with E-state index in [1.165, 1.54) is 24.3 Å². The molecule has 0 saturated carbocycles. The van der Waals surface area contributed by atoms with E-state index < -0.39 is 22.8 Å². The highest BCUT2D eigenvalue weighted by molar-refractivity contribution is 5.91. The quantitative estimate of drug-likeness (QED) is 0.227. The Bertz CT molecular complexity index is 750. The molecule has 0 spiro atoms. The number of hydrogen-bond acceptors (Lipinski definition) is 7. The number of hydrogen-bond donors (Lipinski definition) is 3. The van der Waals surface area contributed by atoms with Crippen LogP contribution in [0.2, 0.25) is 0 Å². The number of nitro groups is 1. The maximum Gasteiger partial charge on any atom is 0.330 e. The van der Waals surface area contributed by atoms with Gasteiger partial charge in [0.1, 0.15) is 18.3 Å². The van der Waals surface area contributed by atoms with E-state index >= 15 is 0 Å². The number of nitrogens with zero attached hydrogens (tertiary/aromatic N) is 1. The van der Waals surface area contributed by atoms with Crippen LogP contribution in [0.5, 0.6) is 5.75 Å². The molecule has 0 bridgehead atoms. The zero-order chi connectivity index (χ0) is 21.4. The van der Waals surface area contributed by atoms with Crippen molar-refractivity contribution in [2.45, 2.75) is 45.2 Å². The Morgan fingerprint density at radius 2 is 1.93 bits per heavy atom. The first kappa shape index (κ1) is 25.3. The fourth-order valence-corrected chi connectivity index (χ4v) is 2.97. The van der Waals surface area contributed by atoms with Crippen molar-refractivity contribution < 1.29 is 24.0 Å². The molecule has 166 valence electrons. The van der Waals surface area contributed by atoms with Crippen LogP contribution in [0.3, 0.4) is 0 Å². The van der Waals surface area contributed by atoms with Gasteiger partial charge in [0.15, 0.2) is 0 Å². The number of benzene rings is 1. The van der Waals surface area contributed by atoms with Crippen LogP contribution >= 0.6 is 12.4 Å². The van der Waals surface area contributed by atoms with Gasteiger partial charge < -0.3 is 20.7 Å². The SMILES string of the molecule is CC(C)C[C@H](NC(=O)[C@@H]1CCCN1)C(=O)NCC(=O)Oc1ccc([N+](=O)[O-])cc1.Cl. The van der Waals surface area contributed by atoms with Gasteiger partial charge in [0, 0.05) is 12.1 Å². The van der Waals surface area contributed by atoms with Crippen LogP contribution in [0.25, 0.3) is 0 Å². The number of non-ortho nitro benzene ring substituents is 1. The van der Waals surface area contributed by atoms with Crippen molar-refractivity contribution in [3.8, 4) is 5.75 Å². The molecule has 2 rings (SSSR count). The third-order valence-corrected chi connectivity index (χ3v) is 4.40. The van der Waals surface area contributed by atoms with Gasteiger partial charge in [-0.15, -0.1) is 12.4 Å². The van der Waals surface area contributed by atoms with E-state index in [-0.39, 0.29) is 48.3 Å². The van der Waals surface area contributed by atoms with E-state index in [2.05, 4.69) is 16.0 Å². The number of rotatable bonds is 9. The molecule has 1 aromatic rings. The summed E-state index contributed by atoms with van der Waals surface area (Å²) in [7, 11) is 0. The van der Waals surface area contributed by atoms with Crippen molar-refractivity contribution in [3.05, 3.63) is 34.4 Å². The van der Waals surface area contributed by atoms with Gasteiger partial charge in [0.05, 0.1) is 11.0 Å². The largest absolute Gasteiger partial charge is 0.425 e. The summed E-state index contributed by atoms with van der Waals surface area (Å²) in [5, 5.41) is 18.9. The highest BCUT2D eigenvalue weighted by Crippen LogP contribution is 2.17. The Morgan fingerprint density at radius 1 is 1.27 bits per heavy atom. The summed E-state index contributed by atoms with van der Waals surface area (Å²) in [6, 6.07) is 3.98. The molecule has 30 heavy (non-hydrogen) atoms. The fraction of sp³-hybridized carbons (Fsp3) is 0.526. The third kappa shape index (κ3) is 7.96. The van der Waals surface area contributed by atoms with Gasteiger partial charge in [-0.2, -0.15) is 0 Å². The number of nitrogens with one attached hydrogen (secondary N) is 3. The normalized spacial score (nSPS) is 16.3. The second kappa shape index (κ2) is 12.1. The zero-order valence-corrected chi connectivity index (χ0v) is 17.7. The standard InChI is InChI=1S/C19H26N4O6.ClH/c1-12(2)10-16(22-19(26)15-4-3-9-20-15)18(25)21-11-17(24)29-14-7-5-13(6-8-14)23(27)28;/h5-8,12,15-16,20H,3-4,9-11H2,1-2H3,(H,21,25)(H,22,26);1H/t15-,16-;/m0./s1. The maximum atomic E-state index is 12.5. The lowest BCUT2D eigenvalue weighted by molar-refractivity contribution is -0.384. The summed E-state index contributed by atoms with van der Waals surface area (Å²) in [6.45, 7) is 4.25. The average Bonchev–Trinajstić information content (AvgIpc) is 3.20. The lowest BCUT2D eigenvalue weighted by atomic mass is 10.0. The molecule has 10 nitrogen and oxygen atoms in total. The van der Waals surface area contributed by atoms with Gasteiger partial charge in [-0.25, -0.2) is 4.79 Å². The molecule has 1 aromatic carbocycles. The molecule has 3 N–H and O–H groups in total. The van der Waals surface area contributed by atoms with E-state index in [1.54, 1.807) is 0 Å². The Balaban J connectivity index is 0.00000450. The summed E-state index contributed by atoms with van der Waals surface area (Å²) >= 11 is 0. The van der Waals surface area contributed by atoms with E-state index in [0.717, 1.165) is 19.4 Å². The molecule has 0 aliphatic carbocycles. The Morgan fingerprint density at radius 3 is 2.47 bits per heavy atom. The van der Waals surface area contributed by atoms with Gasteiger partial charge in [0.25, 0.3) is 5.69 Å². The van der Waals surface area contributed by atoms with Gasteiger partial charge in [-0.1, -0.05) is 13.8 Å². The fourth-order valence-electron chi connectivity index (χ4n) is 2.97. The van der Waals surface area contributed by atoms with Crippen LogP contribution in [0, 0.1) is 16.0 Å². The van der Waals surface area contributed by atoms with E-state index in [4.69, 9.17) is 4.74 Å². The molecule has 1 heterocycles. The summed E-state index contributed by atoms with van der Waals surface area (Å²) < 4.78 is 5.05. The van der Waals surface area contributed by atoms with Gasteiger partial charge in [0.2, 0.25) is 11.8 Å². The first-order chi connectivity index (χ1) is 13.8. The van der Waals surface area contributed by atoms with Crippen molar-refractivity contribution in [2.24, 2.45) is 5.92 Å². The maximum absolute atomic E-state index is 12.5. The molecule has 1 fully saturated rings. The second-order valence-corrected chi connectivity index (χ2v) is 7.28. The van der Waals surface area contributed by atoms with Crippen LogP contribution in [0.15, 0.2) is 24.3 Å². The number of carbonyl (C=O) groups excluding carboxylic acids is 3. The van der Waals surface area contributed by atoms with Gasteiger partial charge in [-0.3, -0.25) is 19.7 Å². The van der Waals surface area contributed by atoms with Crippen LogP contribution in [0.1, 0.15) is 33.1 Å². The molecule has 0 unspecified atom stereocenters.